The minimum atomic E-state index is 0.371. The highest BCUT2D eigenvalue weighted by Crippen LogP contribution is 2.32. The average molecular weight is 266 g/mol. The molecule has 5 heteroatoms. The predicted molar refractivity (Wildman–Crippen MR) is 67.7 cm³/mol. The molecule has 0 saturated carbocycles. The third-order valence-corrected chi connectivity index (χ3v) is 2.62. The highest BCUT2D eigenvalue weighted by atomic mass is 35.5. The Morgan fingerprint density at radius 2 is 1.71 bits per heavy atom. The maximum absolute atomic E-state index is 8.58. The quantitative estimate of drug-likeness (QED) is 0.694. The molecule has 3 nitrogen and oxygen atoms in total. The first-order valence-electron chi connectivity index (χ1n) is 4.77. The normalized spacial score (nSPS) is 9.71. The second-order valence-corrected chi connectivity index (χ2v) is 4.11. The molecular weight excluding hydrogens is 259 g/mol. The van der Waals surface area contributed by atoms with Gasteiger partial charge in [0.25, 0.3) is 0 Å². The van der Waals surface area contributed by atoms with Crippen LogP contribution in [0, 0.1) is 5.39 Å². The fourth-order valence-electron chi connectivity index (χ4n) is 1.26. The van der Waals surface area contributed by atoms with Crippen molar-refractivity contribution in [1.29, 1.82) is 5.39 Å². The van der Waals surface area contributed by atoms with Crippen LogP contribution in [0.1, 0.15) is 0 Å². The third kappa shape index (κ3) is 2.88. The predicted octanol–water partition coefficient (Wildman–Crippen LogP) is 5.27. The summed E-state index contributed by atoms with van der Waals surface area (Å²) in [6.45, 7) is 0. The van der Waals surface area contributed by atoms with Crippen LogP contribution in [0.4, 0.5) is 5.69 Å². The first kappa shape index (κ1) is 11.7. The Morgan fingerprint density at radius 1 is 1.00 bits per heavy atom. The van der Waals surface area contributed by atoms with Crippen molar-refractivity contribution in [2.24, 2.45) is 0 Å². The van der Waals surface area contributed by atoms with Gasteiger partial charge in [-0.1, -0.05) is 23.2 Å². The van der Waals surface area contributed by atoms with Crippen LogP contribution in [0.3, 0.4) is 0 Å². The lowest BCUT2D eigenvalue weighted by atomic mass is 10.3. The molecule has 0 aromatic heterocycles. The zero-order valence-electron chi connectivity index (χ0n) is 8.60. The van der Waals surface area contributed by atoms with Gasteiger partial charge >= 0.3 is 5.69 Å². The highest BCUT2D eigenvalue weighted by Gasteiger charge is 2.10. The van der Waals surface area contributed by atoms with E-state index in [4.69, 9.17) is 33.3 Å². The molecule has 2 aromatic carbocycles. The molecule has 0 heterocycles. The average Bonchev–Trinajstić information content (AvgIpc) is 2.34. The number of hydrogen-bond acceptors (Lipinski definition) is 2. The second-order valence-electron chi connectivity index (χ2n) is 3.27. The van der Waals surface area contributed by atoms with Crippen molar-refractivity contribution in [2.75, 3.05) is 0 Å². The van der Waals surface area contributed by atoms with Gasteiger partial charge in [0.1, 0.15) is 11.5 Å². The van der Waals surface area contributed by atoms with E-state index in [1.807, 2.05) is 0 Å². The summed E-state index contributed by atoms with van der Waals surface area (Å²) in [6.07, 6.45) is 0. The number of hydrogen-bond donors (Lipinski definition) is 0. The molecule has 84 valence electrons. The number of ether oxygens (including phenoxy) is 1. The Bertz CT molecular complexity index is 576. The molecule has 0 spiro atoms. The van der Waals surface area contributed by atoms with E-state index in [9.17, 15) is 0 Å². The summed E-state index contributed by atoms with van der Waals surface area (Å²) in [4.78, 5) is 3.03. The van der Waals surface area contributed by atoms with Crippen LogP contribution in [0.25, 0.3) is 4.98 Å². The van der Waals surface area contributed by atoms with Gasteiger partial charge in [-0.2, -0.15) is 0 Å². The van der Waals surface area contributed by atoms with Crippen LogP contribution < -0.4 is 4.74 Å². The van der Waals surface area contributed by atoms with E-state index in [1.165, 1.54) is 6.07 Å². The van der Waals surface area contributed by atoms with Crippen molar-refractivity contribution in [3.05, 3.63) is 57.5 Å². The standard InChI is InChI=1S/C12H7Cl2N2O/c13-8-1-4-10(5-2-8)17-12-6-3-9(16-15)7-11(12)14/h1-7H/q+1. The number of diazo groups is 1. The molecule has 0 saturated heterocycles. The minimum absolute atomic E-state index is 0.371. The van der Waals surface area contributed by atoms with Gasteiger partial charge in [-0.05, 0) is 30.3 Å². The van der Waals surface area contributed by atoms with E-state index < -0.39 is 0 Å². The van der Waals surface area contributed by atoms with Crippen LogP contribution in [-0.4, -0.2) is 0 Å². The Balaban J connectivity index is 2.25. The van der Waals surface area contributed by atoms with E-state index in [0.29, 0.717) is 27.2 Å². The van der Waals surface area contributed by atoms with Crippen molar-refractivity contribution in [1.82, 2.24) is 0 Å². The van der Waals surface area contributed by atoms with Gasteiger partial charge < -0.3 is 4.74 Å². The smallest absolute Gasteiger partial charge is 0.386 e. The third-order valence-electron chi connectivity index (χ3n) is 2.07. The highest BCUT2D eigenvalue weighted by molar-refractivity contribution is 6.32. The second kappa shape index (κ2) is 5.05. The molecule has 0 atom stereocenters. The summed E-state index contributed by atoms with van der Waals surface area (Å²) in [7, 11) is 0. The lowest BCUT2D eigenvalue weighted by molar-refractivity contribution is 0.483. The molecule has 0 bridgehead atoms. The van der Waals surface area contributed by atoms with Gasteiger partial charge in [0, 0.05) is 11.1 Å². The van der Waals surface area contributed by atoms with Crippen molar-refractivity contribution in [3.8, 4) is 11.5 Å². The molecule has 0 radical (unpaired) electrons. The topological polar surface area (TPSA) is 37.4 Å². The number of halogens is 2. The molecule has 0 aliphatic rings. The summed E-state index contributed by atoms with van der Waals surface area (Å²) >= 11 is 11.7. The van der Waals surface area contributed by atoms with E-state index >= 15 is 0 Å². The molecule has 2 aromatic rings. The number of rotatable bonds is 2. The first-order valence-corrected chi connectivity index (χ1v) is 5.53. The van der Waals surface area contributed by atoms with Crippen LogP contribution in [0.15, 0.2) is 42.5 Å². The fraction of sp³-hybridized carbons (Fsp3) is 0. The van der Waals surface area contributed by atoms with Crippen LogP contribution in [-0.2, 0) is 0 Å². The van der Waals surface area contributed by atoms with E-state index in [2.05, 4.69) is 4.98 Å². The molecule has 17 heavy (non-hydrogen) atoms. The maximum atomic E-state index is 8.58. The van der Waals surface area contributed by atoms with Crippen molar-refractivity contribution >= 4 is 28.9 Å². The van der Waals surface area contributed by atoms with Crippen LogP contribution in [0.2, 0.25) is 10.0 Å². The van der Waals surface area contributed by atoms with E-state index in [-0.39, 0.29) is 0 Å². The Hall–Kier alpha value is -1.76. The fourth-order valence-corrected chi connectivity index (χ4v) is 1.60. The lowest BCUT2D eigenvalue weighted by Crippen LogP contribution is -1.84. The molecule has 0 aliphatic heterocycles. The zero-order valence-corrected chi connectivity index (χ0v) is 10.1. The minimum Gasteiger partial charge on any atom is -0.456 e. The SMILES string of the molecule is N#[N+]c1ccc(Oc2ccc(Cl)cc2)c(Cl)c1. The van der Waals surface area contributed by atoms with Gasteiger partial charge in [-0.15, -0.1) is 0 Å². The van der Waals surface area contributed by atoms with E-state index in [0.717, 1.165) is 0 Å². The zero-order chi connectivity index (χ0) is 12.3. The summed E-state index contributed by atoms with van der Waals surface area (Å²) in [5.74, 6) is 1.12. The van der Waals surface area contributed by atoms with Gasteiger partial charge in [0.2, 0.25) is 5.39 Å². The Kier molecular flexibility index (Phi) is 3.48. The molecule has 2 rings (SSSR count). The van der Waals surface area contributed by atoms with Gasteiger partial charge in [0.15, 0.2) is 4.98 Å². The summed E-state index contributed by atoms with van der Waals surface area (Å²) in [5.41, 5.74) is 0.374. The molecule has 0 unspecified atom stereocenters. The summed E-state index contributed by atoms with van der Waals surface area (Å²) in [6, 6.07) is 11.7. The van der Waals surface area contributed by atoms with Crippen molar-refractivity contribution in [2.45, 2.75) is 0 Å². The molecular formula is C12H7Cl2N2O+. The maximum Gasteiger partial charge on any atom is 0.386 e. The Labute approximate surface area is 108 Å². The van der Waals surface area contributed by atoms with E-state index in [1.54, 1.807) is 36.4 Å². The van der Waals surface area contributed by atoms with Crippen LogP contribution in [0.5, 0.6) is 11.5 Å². The van der Waals surface area contributed by atoms with Gasteiger partial charge in [0.05, 0.1) is 11.1 Å². The monoisotopic (exact) mass is 265 g/mol. The number of benzene rings is 2. The number of nitrogens with zero attached hydrogens (tertiary/aromatic N) is 2. The molecule has 0 aliphatic carbocycles. The molecule has 0 amide bonds. The van der Waals surface area contributed by atoms with Crippen LogP contribution >= 0.6 is 23.2 Å². The van der Waals surface area contributed by atoms with Gasteiger partial charge in [-0.3, -0.25) is 0 Å². The van der Waals surface area contributed by atoms with Gasteiger partial charge in [-0.25, -0.2) is 0 Å². The molecule has 0 fully saturated rings. The Morgan fingerprint density at radius 3 is 2.29 bits per heavy atom. The molecule has 0 N–H and O–H groups in total. The summed E-state index contributed by atoms with van der Waals surface area (Å²) < 4.78 is 5.55. The van der Waals surface area contributed by atoms with Crippen molar-refractivity contribution in [3.63, 3.8) is 0 Å². The summed E-state index contributed by atoms with van der Waals surface area (Å²) in [5, 5.41) is 9.59. The van der Waals surface area contributed by atoms with Crippen molar-refractivity contribution < 1.29 is 4.74 Å². The largest absolute Gasteiger partial charge is 0.456 e. The lowest BCUT2D eigenvalue weighted by Gasteiger charge is -2.06. The first-order chi connectivity index (χ1) is 8.19.